The number of rotatable bonds is 7. The first kappa shape index (κ1) is 24.2. The molecule has 184 valence electrons. The summed E-state index contributed by atoms with van der Waals surface area (Å²) in [6.07, 6.45) is -9.55. The molecular formula is C15H21FN5O11P. The lowest BCUT2D eigenvalue weighted by molar-refractivity contribution is -0.267. The molecule has 0 aliphatic carbocycles. The van der Waals surface area contributed by atoms with Crippen molar-refractivity contribution in [3.63, 3.8) is 0 Å². The van der Waals surface area contributed by atoms with Crippen molar-refractivity contribution in [2.45, 2.75) is 48.9 Å². The smallest absolute Gasteiger partial charge is 0.394 e. The molecule has 0 amide bonds. The topological polar surface area (TPSA) is 245 Å². The first-order valence-corrected chi connectivity index (χ1v) is 10.9. The van der Waals surface area contributed by atoms with Gasteiger partial charge in [0.2, 0.25) is 6.29 Å². The second-order valence-electron chi connectivity index (χ2n) is 7.39. The van der Waals surface area contributed by atoms with E-state index in [4.69, 9.17) is 25.1 Å². The van der Waals surface area contributed by atoms with E-state index in [1.165, 1.54) is 10.9 Å². The third-order valence-corrected chi connectivity index (χ3v) is 5.74. The minimum absolute atomic E-state index is 0.0340. The van der Waals surface area contributed by atoms with Crippen LogP contribution in [0.25, 0.3) is 11.2 Å². The lowest BCUT2D eigenvalue weighted by Crippen LogP contribution is -2.46. The summed E-state index contributed by atoms with van der Waals surface area (Å²) in [6.45, 7) is -1.54. The van der Waals surface area contributed by atoms with Gasteiger partial charge in [-0.3, -0.25) is 9.09 Å². The lowest BCUT2D eigenvalue weighted by atomic mass is 10.1. The number of alkyl halides is 1. The van der Waals surface area contributed by atoms with Crippen LogP contribution in [0.1, 0.15) is 6.23 Å². The SMILES string of the molecule is Nc1ncnc2c1ncn2[C@@H]1O[C@H](COC2O[C@H](CO)[C@@H](O)[C@@]2(O)F)[C@@H](OP(=O)(O)O)[C@H]1O. The van der Waals surface area contributed by atoms with Crippen molar-refractivity contribution < 1.29 is 57.9 Å². The van der Waals surface area contributed by atoms with Gasteiger partial charge in [-0.2, -0.15) is 0 Å². The van der Waals surface area contributed by atoms with Gasteiger partial charge in [0.05, 0.1) is 19.5 Å². The van der Waals surface area contributed by atoms with Crippen molar-refractivity contribution in [2.24, 2.45) is 0 Å². The van der Waals surface area contributed by atoms with E-state index in [9.17, 15) is 34.1 Å². The average molecular weight is 497 g/mol. The molecule has 33 heavy (non-hydrogen) atoms. The molecule has 0 aromatic carbocycles. The zero-order valence-electron chi connectivity index (χ0n) is 16.5. The Morgan fingerprint density at radius 1 is 1.24 bits per heavy atom. The maximum absolute atomic E-state index is 14.4. The number of aliphatic hydroxyl groups excluding tert-OH is 3. The molecule has 0 radical (unpaired) electrons. The second kappa shape index (κ2) is 8.71. The van der Waals surface area contributed by atoms with Gasteiger partial charge in [-0.25, -0.2) is 23.9 Å². The number of halogens is 1. The third kappa shape index (κ3) is 4.45. The number of aromatic nitrogens is 4. The Balaban J connectivity index is 1.57. The molecule has 1 unspecified atom stereocenters. The highest BCUT2D eigenvalue weighted by atomic mass is 31.2. The maximum atomic E-state index is 14.4. The Labute approximate surface area is 183 Å². The van der Waals surface area contributed by atoms with Crippen molar-refractivity contribution in [3.05, 3.63) is 12.7 Å². The third-order valence-electron chi connectivity index (χ3n) is 5.22. The summed E-state index contributed by atoms with van der Waals surface area (Å²) in [7, 11) is -5.14. The molecule has 18 heteroatoms. The van der Waals surface area contributed by atoms with E-state index in [0.717, 1.165) is 6.33 Å². The van der Waals surface area contributed by atoms with Crippen LogP contribution in [0.5, 0.6) is 0 Å². The van der Waals surface area contributed by atoms with Gasteiger partial charge in [0, 0.05) is 0 Å². The number of nitrogens with zero attached hydrogens (tertiary/aromatic N) is 4. The molecule has 4 rings (SSSR count). The Kier molecular flexibility index (Phi) is 6.40. The van der Waals surface area contributed by atoms with E-state index in [2.05, 4.69) is 19.5 Å². The van der Waals surface area contributed by atoms with Crippen molar-refractivity contribution >= 4 is 24.8 Å². The molecule has 0 spiro atoms. The van der Waals surface area contributed by atoms with E-state index in [1.807, 2.05) is 0 Å². The van der Waals surface area contributed by atoms with Crippen molar-refractivity contribution in [3.8, 4) is 0 Å². The van der Waals surface area contributed by atoms with E-state index < -0.39 is 69.9 Å². The molecule has 16 nitrogen and oxygen atoms in total. The number of aliphatic hydroxyl groups is 4. The predicted molar refractivity (Wildman–Crippen MR) is 100 cm³/mol. The highest BCUT2D eigenvalue weighted by Crippen LogP contribution is 2.44. The minimum Gasteiger partial charge on any atom is -0.394 e. The fraction of sp³-hybridized carbons (Fsp3) is 0.667. The zero-order chi connectivity index (χ0) is 24.1. The number of hydrogen-bond donors (Lipinski definition) is 7. The van der Waals surface area contributed by atoms with E-state index in [-0.39, 0.29) is 17.0 Å². The van der Waals surface area contributed by atoms with Crippen LogP contribution in [0, 0.1) is 0 Å². The summed E-state index contributed by atoms with van der Waals surface area (Å²) in [4.78, 5) is 30.3. The number of nitrogens with two attached hydrogens (primary N) is 1. The number of imidazole rings is 1. The molecule has 2 aromatic heterocycles. The van der Waals surface area contributed by atoms with Gasteiger partial charge in [-0.1, -0.05) is 0 Å². The fourth-order valence-electron chi connectivity index (χ4n) is 3.64. The lowest BCUT2D eigenvalue weighted by Gasteiger charge is -2.25. The summed E-state index contributed by atoms with van der Waals surface area (Å²) in [5.41, 5.74) is 6.03. The van der Waals surface area contributed by atoms with Crippen molar-refractivity contribution in [2.75, 3.05) is 18.9 Å². The van der Waals surface area contributed by atoms with E-state index >= 15 is 0 Å². The van der Waals surface area contributed by atoms with Crippen LogP contribution < -0.4 is 5.73 Å². The number of phosphoric acid groups is 1. The van der Waals surface area contributed by atoms with Crippen LogP contribution in [0.4, 0.5) is 10.2 Å². The number of hydrogen-bond acceptors (Lipinski definition) is 13. The normalized spacial score (nSPS) is 37.2. The molecule has 0 saturated carbocycles. The first-order valence-electron chi connectivity index (χ1n) is 9.41. The monoisotopic (exact) mass is 497 g/mol. The van der Waals surface area contributed by atoms with Gasteiger partial charge >= 0.3 is 7.82 Å². The summed E-state index contributed by atoms with van der Waals surface area (Å²) in [5.74, 6) is -3.37. The van der Waals surface area contributed by atoms with Crippen LogP contribution in [0.3, 0.4) is 0 Å². The van der Waals surface area contributed by atoms with Crippen LogP contribution in [0.2, 0.25) is 0 Å². The number of phosphoric ester groups is 1. The van der Waals surface area contributed by atoms with Gasteiger partial charge in [-0.05, 0) is 0 Å². The Morgan fingerprint density at radius 3 is 2.61 bits per heavy atom. The number of nitrogen functional groups attached to an aromatic ring is 1. The van der Waals surface area contributed by atoms with Crippen molar-refractivity contribution in [1.82, 2.24) is 19.5 Å². The molecular weight excluding hydrogens is 476 g/mol. The van der Waals surface area contributed by atoms with Crippen LogP contribution in [-0.2, 0) is 23.3 Å². The zero-order valence-corrected chi connectivity index (χ0v) is 17.4. The maximum Gasteiger partial charge on any atom is 0.470 e. The van der Waals surface area contributed by atoms with Crippen molar-refractivity contribution in [1.29, 1.82) is 0 Å². The number of fused-ring (bicyclic) bond motifs is 1. The molecule has 2 saturated heterocycles. The van der Waals surface area contributed by atoms with Gasteiger partial charge in [0.25, 0.3) is 5.85 Å². The quantitative estimate of drug-likeness (QED) is 0.187. The summed E-state index contributed by atoms with van der Waals surface area (Å²) >= 11 is 0. The molecule has 8 atom stereocenters. The van der Waals surface area contributed by atoms with Crippen LogP contribution >= 0.6 is 7.82 Å². The summed E-state index contributed by atoms with van der Waals surface area (Å²) in [6, 6.07) is 0. The van der Waals surface area contributed by atoms with Gasteiger partial charge in [0.1, 0.15) is 42.4 Å². The highest BCUT2D eigenvalue weighted by molar-refractivity contribution is 7.46. The number of anilines is 1. The summed E-state index contributed by atoms with van der Waals surface area (Å²) < 4.78 is 47.4. The molecule has 2 aromatic rings. The Bertz CT molecular complexity index is 1050. The molecule has 0 bridgehead atoms. The Morgan fingerprint density at radius 2 is 1.97 bits per heavy atom. The molecule has 2 aliphatic heterocycles. The summed E-state index contributed by atoms with van der Waals surface area (Å²) in [5, 5.41) is 39.3. The van der Waals surface area contributed by atoms with Crippen LogP contribution in [-0.4, -0.2) is 106 Å². The first-order chi connectivity index (χ1) is 15.4. The standard InChI is InChI=1S/C15H21FN5O11P/c16-15(25)10(24)5(1-22)31-14(15)29-2-6-9(32-33(26,27)28)8(23)13(30-6)21-4-20-7-11(17)18-3-19-12(7)21/h3-6,8-10,13-14,22-25H,1-2H2,(H2,17,18,19)(H2,26,27,28)/t5-,6-,8-,9-,10-,13-,14?,15+/m1/s1. The largest absolute Gasteiger partial charge is 0.470 e. The van der Waals surface area contributed by atoms with E-state index in [1.54, 1.807) is 0 Å². The van der Waals surface area contributed by atoms with Gasteiger partial charge in [-0.15, -0.1) is 0 Å². The van der Waals surface area contributed by atoms with E-state index in [0.29, 0.717) is 0 Å². The number of ether oxygens (including phenoxy) is 3. The molecule has 4 heterocycles. The van der Waals surface area contributed by atoms with Gasteiger partial charge < -0.3 is 50.2 Å². The molecule has 2 aliphatic rings. The van der Waals surface area contributed by atoms with Gasteiger partial charge in [0.15, 0.2) is 17.7 Å². The molecule has 8 N–H and O–H groups in total. The molecule has 2 fully saturated rings. The van der Waals surface area contributed by atoms with Crippen LogP contribution in [0.15, 0.2) is 12.7 Å². The second-order valence-corrected chi connectivity index (χ2v) is 8.59. The average Bonchev–Trinajstić information content (AvgIpc) is 3.35. The fourth-order valence-corrected chi connectivity index (χ4v) is 4.22. The predicted octanol–water partition coefficient (Wildman–Crippen LogP) is -3.10. The Hall–Kier alpha value is -1.89. The minimum atomic E-state index is -5.14. The highest BCUT2D eigenvalue weighted by Gasteiger charge is 2.58.